The minimum Gasteiger partial charge on any atom is -0.440 e. The highest BCUT2D eigenvalue weighted by atomic mass is 35.5. The zero-order valence-corrected chi connectivity index (χ0v) is 17.2. The predicted molar refractivity (Wildman–Crippen MR) is 106 cm³/mol. The summed E-state index contributed by atoms with van der Waals surface area (Å²) < 4.78 is 34.0. The average Bonchev–Trinajstić information content (AvgIpc) is 3.21. The Kier molecular flexibility index (Phi) is 4.08. The summed E-state index contributed by atoms with van der Waals surface area (Å²) in [6.45, 7) is 0. The van der Waals surface area contributed by atoms with E-state index < -0.39 is 9.84 Å². The first kappa shape index (κ1) is 18.7. The highest BCUT2D eigenvalue weighted by Crippen LogP contribution is 2.61. The standard InChI is InChI=1S/C20H19ClN2O5S/c1-29(25,26)17-5-4-16(27-17)18(24)22-13-9-20(10-13)7-11(8-20)19-23-14-6-12(21)2-3-15(14)28-19/h2-6,11,13H,7-10H2,1H3,(H,22,24)/t11-,13-,20?. The summed E-state index contributed by atoms with van der Waals surface area (Å²) in [6, 6.07) is 8.18. The lowest BCUT2D eigenvalue weighted by Crippen LogP contribution is -2.55. The van der Waals surface area contributed by atoms with Gasteiger partial charge in [-0.05, 0) is 61.4 Å². The van der Waals surface area contributed by atoms with Crippen molar-refractivity contribution in [2.24, 2.45) is 5.41 Å². The van der Waals surface area contributed by atoms with E-state index in [2.05, 4.69) is 10.3 Å². The number of nitrogens with one attached hydrogen (secondary N) is 1. The molecule has 0 aliphatic heterocycles. The number of rotatable bonds is 4. The first-order valence-electron chi connectivity index (χ1n) is 9.38. The maximum absolute atomic E-state index is 12.3. The number of aromatic nitrogens is 1. The molecule has 2 aliphatic rings. The third-order valence-corrected chi connectivity index (χ3v) is 7.12. The number of nitrogens with zero attached hydrogens (tertiary/aromatic N) is 1. The Balaban J connectivity index is 1.16. The molecule has 0 unspecified atom stereocenters. The summed E-state index contributed by atoms with van der Waals surface area (Å²) >= 11 is 6.00. The molecule has 2 fully saturated rings. The van der Waals surface area contributed by atoms with Crippen LogP contribution in [0.1, 0.15) is 48.0 Å². The fraction of sp³-hybridized carbons (Fsp3) is 0.400. The summed E-state index contributed by atoms with van der Waals surface area (Å²) in [5, 5.41) is 3.36. The first-order valence-corrected chi connectivity index (χ1v) is 11.6. The number of furan rings is 1. The van der Waals surface area contributed by atoms with Gasteiger partial charge in [0.1, 0.15) is 5.52 Å². The van der Waals surface area contributed by atoms with Crippen LogP contribution in [0.5, 0.6) is 0 Å². The molecule has 2 aliphatic carbocycles. The monoisotopic (exact) mass is 434 g/mol. The van der Waals surface area contributed by atoms with Crippen molar-refractivity contribution in [3.05, 3.63) is 47.0 Å². The molecule has 1 spiro atoms. The van der Waals surface area contributed by atoms with Gasteiger partial charge in [0, 0.05) is 23.2 Å². The second-order valence-electron chi connectivity index (χ2n) is 8.24. The molecule has 7 nitrogen and oxygen atoms in total. The van der Waals surface area contributed by atoms with E-state index in [-0.39, 0.29) is 28.2 Å². The molecule has 2 aromatic heterocycles. The Hall–Kier alpha value is -2.32. The van der Waals surface area contributed by atoms with Crippen molar-refractivity contribution in [2.75, 3.05) is 6.26 Å². The van der Waals surface area contributed by atoms with E-state index in [0.717, 1.165) is 48.9 Å². The van der Waals surface area contributed by atoms with Gasteiger partial charge < -0.3 is 14.2 Å². The van der Waals surface area contributed by atoms with Crippen LogP contribution in [0.3, 0.4) is 0 Å². The van der Waals surface area contributed by atoms with Crippen molar-refractivity contribution in [3.8, 4) is 0 Å². The lowest BCUT2D eigenvalue weighted by Gasteiger charge is -2.57. The number of halogens is 1. The SMILES string of the molecule is CS(=O)(=O)c1ccc(C(=O)N[C@H]2CC3(C2)C[C@H](c2nc4cc(Cl)ccc4o2)C3)o1. The average molecular weight is 435 g/mol. The van der Waals surface area contributed by atoms with E-state index in [0.29, 0.717) is 10.9 Å². The highest BCUT2D eigenvalue weighted by molar-refractivity contribution is 7.90. The second-order valence-corrected chi connectivity index (χ2v) is 10.6. The van der Waals surface area contributed by atoms with E-state index in [1.165, 1.54) is 12.1 Å². The van der Waals surface area contributed by atoms with Crippen LogP contribution in [0.2, 0.25) is 5.02 Å². The quantitative estimate of drug-likeness (QED) is 0.667. The van der Waals surface area contributed by atoms with E-state index in [9.17, 15) is 13.2 Å². The van der Waals surface area contributed by atoms with Crippen LogP contribution in [0.25, 0.3) is 11.1 Å². The molecule has 29 heavy (non-hydrogen) atoms. The third-order valence-electron chi connectivity index (χ3n) is 5.94. The zero-order valence-electron chi connectivity index (χ0n) is 15.6. The minimum atomic E-state index is -3.46. The van der Waals surface area contributed by atoms with E-state index in [1.807, 2.05) is 6.07 Å². The molecule has 2 heterocycles. The predicted octanol–water partition coefficient (Wildman–Crippen LogP) is 3.93. The summed E-state index contributed by atoms with van der Waals surface area (Å²) in [5.41, 5.74) is 1.75. The van der Waals surface area contributed by atoms with Crippen LogP contribution in [-0.4, -0.2) is 31.6 Å². The summed E-state index contributed by atoms with van der Waals surface area (Å²) in [7, 11) is -3.46. The van der Waals surface area contributed by atoms with Gasteiger partial charge in [0.25, 0.3) is 5.91 Å². The second kappa shape index (κ2) is 6.34. The number of oxazole rings is 1. The van der Waals surface area contributed by atoms with Gasteiger partial charge in [-0.1, -0.05) is 11.6 Å². The minimum absolute atomic E-state index is 0.0167. The molecule has 1 amide bonds. The van der Waals surface area contributed by atoms with Crippen molar-refractivity contribution in [1.82, 2.24) is 10.3 Å². The molecule has 5 rings (SSSR count). The molecular weight excluding hydrogens is 416 g/mol. The molecular formula is C20H19ClN2O5S. The molecule has 2 saturated carbocycles. The molecule has 0 saturated heterocycles. The third kappa shape index (κ3) is 3.34. The van der Waals surface area contributed by atoms with Crippen molar-refractivity contribution in [2.45, 2.75) is 42.7 Å². The number of benzene rings is 1. The van der Waals surface area contributed by atoms with E-state index >= 15 is 0 Å². The van der Waals surface area contributed by atoms with Crippen molar-refractivity contribution >= 4 is 38.4 Å². The zero-order chi connectivity index (χ0) is 20.4. The summed E-state index contributed by atoms with van der Waals surface area (Å²) in [6.07, 6.45) is 4.79. The van der Waals surface area contributed by atoms with Gasteiger partial charge in [0.05, 0.1) is 0 Å². The van der Waals surface area contributed by atoms with Crippen LogP contribution < -0.4 is 5.32 Å². The van der Waals surface area contributed by atoms with Crippen LogP contribution in [-0.2, 0) is 9.84 Å². The van der Waals surface area contributed by atoms with Crippen LogP contribution in [0.15, 0.2) is 44.3 Å². The molecule has 9 heteroatoms. The Morgan fingerprint density at radius 3 is 2.62 bits per heavy atom. The van der Waals surface area contributed by atoms with Gasteiger partial charge in [-0.25, -0.2) is 13.4 Å². The summed E-state index contributed by atoms with van der Waals surface area (Å²) in [4.78, 5) is 16.8. The van der Waals surface area contributed by atoms with Gasteiger partial charge in [0.15, 0.2) is 17.2 Å². The number of hydrogen-bond acceptors (Lipinski definition) is 6. The Labute approximate surface area is 172 Å². The lowest BCUT2D eigenvalue weighted by atomic mass is 9.50. The molecule has 0 radical (unpaired) electrons. The fourth-order valence-corrected chi connectivity index (χ4v) is 5.29. The maximum Gasteiger partial charge on any atom is 0.287 e. The highest BCUT2D eigenvalue weighted by Gasteiger charge is 2.54. The Morgan fingerprint density at radius 1 is 1.17 bits per heavy atom. The smallest absolute Gasteiger partial charge is 0.287 e. The van der Waals surface area contributed by atoms with Gasteiger partial charge in [-0.15, -0.1) is 0 Å². The van der Waals surface area contributed by atoms with E-state index in [1.54, 1.807) is 12.1 Å². The molecule has 0 atom stereocenters. The van der Waals surface area contributed by atoms with Gasteiger partial charge in [-0.2, -0.15) is 0 Å². The number of carbonyl (C=O) groups excluding carboxylic acids is 1. The number of amides is 1. The molecule has 0 bridgehead atoms. The number of carbonyl (C=O) groups is 1. The molecule has 1 aromatic carbocycles. The van der Waals surface area contributed by atoms with E-state index in [4.69, 9.17) is 20.4 Å². The first-order chi connectivity index (χ1) is 13.7. The van der Waals surface area contributed by atoms with Gasteiger partial charge >= 0.3 is 0 Å². The van der Waals surface area contributed by atoms with Gasteiger partial charge in [0.2, 0.25) is 14.9 Å². The maximum atomic E-state index is 12.3. The topological polar surface area (TPSA) is 102 Å². The van der Waals surface area contributed by atoms with Crippen LogP contribution in [0, 0.1) is 5.41 Å². The number of hydrogen-bond donors (Lipinski definition) is 1. The number of fused-ring (bicyclic) bond motifs is 1. The molecule has 1 N–H and O–H groups in total. The van der Waals surface area contributed by atoms with Crippen LogP contribution >= 0.6 is 11.6 Å². The lowest BCUT2D eigenvalue weighted by molar-refractivity contribution is -0.0256. The largest absolute Gasteiger partial charge is 0.440 e. The van der Waals surface area contributed by atoms with Crippen molar-refractivity contribution < 1.29 is 22.0 Å². The fourth-order valence-electron chi connectivity index (χ4n) is 4.57. The van der Waals surface area contributed by atoms with Crippen LogP contribution in [0.4, 0.5) is 0 Å². The van der Waals surface area contributed by atoms with Crippen molar-refractivity contribution in [1.29, 1.82) is 0 Å². The Bertz CT molecular complexity index is 1210. The normalized spacial score (nSPS) is 26.3. The van der Waals surface area contributed by atoms with Crippen molar-refractivity contribution in [3.63, 3.8) is 0 Å². The Morgan fingerprint density at radius 2 is 1.93 bits per heavy atom. The molecule has 152 valence electrons. The number of sulfone groups is 1. The summed E-state index contributed by atoms with van der Waals surface area (Å²) in [5.74, 6) is 0.680. The molecule has 3 aromatic rings. The van der Waals surface area contributed by atoms with Gasteiger partial charge in [-0.3, -0.25) is 4.79 Å².